The van der Waals surface area contributed by atoms with Gasteiger partial charge >= 0.3 is 5.97 Å². The number of benzene rings is 4. The van der Waals surface area contributed by atoms with Gasteiger partial charge in [-0.05, 0) is 195 Å². The van der Waals surface area contributed by atoms with E-state index in [9.17, 15) is 14.7 Å². The fourth-order valence-electron chi connectivity index (χ4n) is 11.3. The number of likely N-dealkylation sites (tertiary alicyclic amines) is 2. The minimum atomic E-state index is -0.660. The molecule has 0 bridgehead atoms. The number of rotatable bonds is 13. The van der Waals surface area contributed by atoms with Gasteiger partial charge in [-0.25, -0.2) is 0 Å². The summed E-state index contributed by atoms with van der Waals surface area (Å²) in [5, 5.41) is 14.2. The van der Waals surface area contributed by atoms with Crippen molar-refractivity contribution in [2.45, 2.75) is 143 Å². The minimum absolute atomic E-state index is 0.00622. The Hall–Kier alpha value is -3.94. The Balaban J connectivity index is 0.749. The van der Waals surface area contributed by atoms with Crippen molar-refractivity contribution in [1.29, 1.82) is 0 Å². The van der Waals surface area contributed by atoms with Crippen LogP contribution in [0.2, 0.25) is 0 Å². The Labute approximate surface area is 365 Å². The molecule has 328 valence electrons. The lowest BCUT2D eigenvalue weighted by molar-refractivity contribution is -0.143. The van der Waals surface area contributed by atoms with Crippen LogP contribution >= 0.6 is 0 Å². The van der Waals surface area contributed by atoms with Crippen molar-refractivity contribution in [3.63, 3.8) is 0 Å². The maximum atomic E-state index is 13.8. The summed E-state index contributed by atoms with van der Waals surface area (Å²) in [5.41, 5.74) is 2.98. The molecule has 2 saturated carbocycles. The molecule has 2 saturated heterocycles. The highest BCUT2D eigenvalue weighted by atomic mass is 16.5. The lowest BCUT2D eigenvalue weighted by atomic mass is 9.67. The average Bonchev–Trinajstić information content (AvgIpc) is 3.24. The monoisotopic (exact) mass is 829 g/mol. The van der Waals surface area contributed by atoms with Crippen molar-refractivity contribution in [2.75, 3.05) is 26.2 Å². The zero-order valence-electron chi connectivity index (χ0n) is 37.8. The molecule has 4 aromatic rings. The molecule has 8 rings (SSSR count). The number of ether oxygens (including phenoxy) is 2. The summed E-state index contributed by atoms with van der Waals surface area (Å²) in [5.74, 6) is 3.04. The van der Waals surface area contributed by atoms with Crippen LogP contribution in [-0.4, -0.2) is 65.0 Å². The van der Waals surface area contributed by atoms with Crippen LogP contribution < -0.4 is 9.47 Å². The molecule has 0 radical (unpaired) electrons. The number of piperidine rings is 2. The van der Waals surface area contributed by atoms with Crippen LogP contribution in [-0.2, 0) is 22.7 Å². The predicted octanol–water partition coefficient (Wildman–Crippen LogP) is 12.1. The van der Waals surface area contributed by atoms with E-state index in [0.717, 1.165) is 121 Å². The normalized spacial score (nSPS) is 24.2. The summed E-state index contributed by atoms with van der Waals surface area (Å²) in [6.45, 7) is 17.2. The Kier molecular flexibility index (Phi) is 13.5. The van der Waals surface area contributed by atoms with Crippen LogP contribution in [0, 0.1) is 34.5 Å². The lowest BCUT2D eigenvalue weighted by Crippen LogP contribution is -2.38. The van der Waals surface area contributed by atoms with Gasteiger partial charge in [0.1, 0.15) is 17.3 Å². The number of carboxylic acid groups (broad SMARTS) is 1. The van der Waals surface area contributed by atoms with Crippen LogP contribution in [0.15, 0.2) is 72.8 Å². The van der Waals surface area contributed by atoms with Gasteiger partial charge in [0.15, 0.2) is 0 Å². The van der Waals surface area contributed by atoms with E-state index in [-0.39, 0.29) is 23.4 Å². The molecule has 4 aliphatic rings. The summed E-state index contributed by atoms with van der Waals surface area (Å²) in [7, 11) is 0. The molecule has 0 amide bonds. The summed E-state index contributed by atoms with van der Waals surface area (Å²) >= 11 is 0. The Morgan fingerprint density at radius 3 is 1.39 bits per heavy atom. The molecule has 2 aliphatic heterocycles. The summed E-state index contributed by atoms with van der Waals surface area (Å²) in [4.78, 5) is 30.0. The first-order chi connectivity index (χ1) is 29.2. The van der Waals surface area contributed by atoms with Gasteiger partial charge in [0.05, 0.1) is 18.1 Å². The number of hydrogen-bond donors (Lipinski definition) is 1. The topological polar surface area (TPSA) is 79.3 Å². The predicted molar refractivity (Wildman–Crippen MR) is 247 cm³/mol. The lowest BCUT2D eigenvalue weighted by Gasteiger charge is -2.40. The van der Waals surface area contributed by atoms with Crippen molar-refractivity contribution < 1.29 is 24.2 Å². The van der Waals surface area contributed by atoms with Crippen molar-refractivity contribution in [2.24, 2.45) is 34.5 Å². The highest BCUT2D eigenvalue weighted by molar-refractivity contribution is 5.85. The molecule has 4 fully saturated rings. The standard InChI is InChI=1S/C54H72N2O5/c1-53(2,3)45-12-18-47(19-13-45)60-49-16-10-41-30-37(6-8-43(41)32-49)35-55-26-22-39(23-27-55)51(57)34-54(4,5)46-14-20-48(21-15-46)61-50-17-11-42-31-38(7-9-44(42)33-50)36-56-28-24-40(25-29-56)52(58)59/h6-11,16-17,30-33,39-40,45-48H,12-15,18-29,34-36H2,1-5H3,(H,58,59). The van der Waals surface area contributed by atoms with Crippen LogP contribution in [0.5, 0.6) is 11.5 Å². The minimum Gasteiger partial charge on any atom is -0.490 e. The first kappa shape index (κ1) is 43.7. The molecule has 0 unspecified atom stereocenters. The fourth-order valence-corrected chi connectivity index (χ4v) is 11.3. The molecular formula is C54H72N2O5. The van der Waals surface area contributed by atoms with E-state index in [1.54, 1.807) is 0 Å². The van der Waals surface area contributed by atoms with Crippen molar-refractivity contribution in [3.8, 4) is 11.5 Å². The smallest absolute Gasteiger partial charge is 0.306 e. The van der Waals surface area contributed by atoms with Crippen molar-refractivity contribution in [3.05, 3.63) is 83.9 Å². The van der Waals surface area contributed by atoms with E-state index in [1.165, 1.54) is 45.5 Å². The third-order valence-electron chi connectivity index (χ3n) is 15.5. The van der Waals surface area contributed by atoms with E-state index in [1.807, 2.05) is 0 Å². The number of fused-ring (bicyclic) bond motifs is 2. The maximum absolute atomic E-state index is 13.8. The number of nitrogens with zero attached hydrogens (tertiary/aromatic N) is 2. The zero-order valence-corrected chi connectivity index (χ0v) is 37.8. The van der Waals surface area contributed by atoms with Crippen LogP contribution in [0.3, 0.4) is 0 Å². The third kappa shape index (κ3) is 11.2. The summed E-state index contributed by atoms with van der Waals surface area (Å²) in [6, 6.07) is 26.6. The Morgan fingerprint density at radius 1 is 0.541 bits per heavy atom. The molecule has 61 heavy (non-hydrogen) atoms. The van der Waals surface area contributed by atoms with Gasteiger partial charge in [0.25, 0.3) is 0 Å². The second kappa shape index (κ2) is 18.8. The van der Waals surface area contributed by atoms with E-state index in [0.29, 0.717) is 29.6 Å². The summed E-state index contributed by atoms with van der Waals surface area (Å²) < 4.78 is 13.0. The quantitative estimate of drug-likeness (QED) is 0.144. The number of hydrogen-bond acceptors (Lipinski definition) is 6. The third-order valence-corrected chi connectivity index (χ3v) is 15.5. The van der Waals surface area contributed by atoms with Crippen LogP contribution in [0.4, 0.5) is 0 Å². The van der Waals surface area contributed by atoms with E-state index < -0.39 is 5.97 Å². The van der Waals surface area contributed by atoms with E-state index in [4.69, 9.17) is 9.47 Å². The largest absolute Gasteiger partial charge is 0.490 e. The molecular weight excluding hydrogens is 757 g/mol. The van der Waals surface area contributed by atoms with Gasteiger partial charge in [0.2, 0.25) is 0 Å². The molecule has 0 atom stereocenters. The molecule has 4 aromatic carbocycles. The molecule has 7 heteroatoms. The molecule has 0 spiro atoms. The number of ketones is 1. The Bertz CT molecular complexity index is 2120. The first-order valence-electron chi connectivity index (χ1n) is 23.8. The fraction of sp³-hybridized carbons (Fsp3) is 0.593. The van der Waals surface area contributed by atoms with Gasteiger partial charge in [-0.2, -0.15) is 0 Å². The number of carbonyl (C=O) groups excluding carboxylic acids is 1. The number of Topliss-reactive ketones (excluding diaryl/α,β-unsaturated/α-hetero) is 1. The molecule has 7 nitrogen and oxygen atoms in total. The van der Waals surface area contributed by atoms with Crippen LogP contribution in [0.1, 0.15) is 129 Å². The maximum Gasteiger partial charge on any atom is 0.306 e. The number of carbonyl (C=O) groups is 2. The average molecular weight is 829 g/mol. The van der Waals surface area contributed by atoms with Gasteiger partial charge in [-0.1, -0.05) is 71.0 Å². The van der Waals surface area contributed by atoms with E-state index >= 15 is 0 Å². The van der Waals surface area contributed by atoms with Gasteiger partial charge in [-0.15, -0.1) is 0 Å². The molecule has 2 heterocycles. The number of aliphatic carboxylic acids is 1. The van der Waals surface area contributed by atoms with Crippen molar-refractivity contribution >= 4 is 33.3 Å². The highest BCUT2D eigenvalue weighted by Crippen LogP contribution is 2.43. The van der Waals surface area contributed by atoms with Gasteiger partial charge in [0, 0.05) is 25.4 Å². The zero-order chi connectivity index (χ0) is 42.7. The first-order valence-corrected chi connectivity index (χ1v) is 23.8. The van der Waals surface area contributed by atoms with E-state index in [2.05, 4.69) is 117 Å². The number of carboxylic acids is 1. The highest BCUT2D eigenvalue weighted by Gasteiger charge is 2.38. The van der Waals surface area contributed by atoms with Gasteiger partial charge in [-0.3, -0.25) is 19.4 Å². The van der Waals surface area contributed by atoms with Crippen molar-refractivity contribution in [1.82, 2.24) is 9.80 Å². The Morgan fingerprint density at radius 2 is 0.951 bits per heavy atom. The van der Waals surface area contributed by atoms with Gasteiger partial charge < -0.3 is 14.6 Å². The summed E-state index contributed by atoms with van der Waals surface area (Å²) in [6.07, 6.45) is 13.6. The SMILES string of the molecule is CC(C)(C)C1CCC(Oc2ccc3cc(CN4CCC(C(=O)CC(C)(C)C5CCC(Oc6ccc7cc(CN8CCC(C(=O)O)CC8)ccc7c6)CC5)CC4)ccc3c2)CC1. The molecule has 2 aliphatic carbocycles. The second-order valence-electron chi connectivity index (χ2n) is 21.3. The molecule has 0 aromatic heterocycles. The van der Waals surface area contributed by atoms with Crippen LogP contribution in [0.25, 0.3) is 21.5 Å². The second-order valence-corrected chi connectivity index (χ2v) is 21.3. The molecule has 1 N–H and O–H groups in total.